The fourth-order valence-electron chi connectivity index (χ4n) is 4.44. The monoisotopic (exact) mass is 544 g/mol. The molecule has 0 bridgehead atoms. The van der Waals surface area contributed by atoms with E-state index in [0.717, 1.165) is 51.0 Å². The number of anilines is 1. The normalized spacial score (nSPS) is 19.7. The molecule has 1 aromatic rings. The Bertz CT molecular complexity index is 672. The van der Waals surface area contributed by atoms with E-state index >= 15 is 0 Å². The number of aliphatic imine (C=N–C) groups is 1. The average Bonchev–Trinajstić information content (AvgIpc) is 2.80. The van der Waals surface area contributed by atoms with Gasteiger partial charge in [0.05, 0.1) is 12.8 Å². The second-order valence-corrected chi connectivity index (χ2v) is 8.41. The third kappa shape index (κ3) is 7.39. The van der Waals surface area contributed by atoms with E-state index in [0.29, 0.717) is 5.92 Å². The molecular formula is C23H41IN6O. The summed E-state index contributed by atoms with van der Waals surface area (Å²) in [6.07, 6.45) is 0. The van der Waals surface area contributed by atoms with Gasteiger partial charge in [0.25, 0.3) is 0 Å². The molecule has 0 amide bonds. The van der Waals surface area contributed by atoms with Crippen LogP contribution in [0.5, 0.6) is 5.75 Å². The SMILES string of the molecule is CCN1CCN(CC(C)CNC(=NC)N2CCN(c3ccccc3OC)CC2)CC1.I. The van der Waals surface area contributed by atoms with E-state index in [4.69, 9.17) is 4.74 Å². The number of hydrogen-bond acceptors (Lipinski definition) is 5. The lowest BCUT2D eigenvalue weighted by Gasteiger charge is -2.38. The molecule has 0 aliphatic carbocycles. The molecule has 1 N–H and O–H groups in total. The highest BCUT2D eigenvalue weighted by Gasteiger charge is 2.22. The Kier molecular flexibility index (Phi) is 11.2. The van der Waals surface area contributed by atoms with E-state index in [2.05, 4.69) is 55.9 Å². The quantitative estimate of drug-likeness (QED) is 0.323. The zero-order valence-electron chi connectivity index (χ0n) is 19.7. The van der Waals surface area contributed by atoms with Crippen LogP contribution in [0, 0.1) is 5.92 Å². The Morgan fingerprint density at radius 3 is 2.29 bits per heavy atom. The van der Waals surface area contributed by atoms with E-state index in [9.17, 15) is 0 Å². The first-order valence-electron chi connectivity index (χ1n) is 11.4. The maximum Gasteiger partial charge on any atom is 0.193 e. The highest BCUT2D eigenvalue weighted by Crippen LogP contribution is 2.28. The number of ether oxygens (including phenoxy) is 1. The Morgan fingerprint density at radius 2 is 1.68 bits per heavy atom. The molecule has 0 aromatic heterocycles. The van der Waals surface area contributed by atoms with Crippen LogP contribution in [-0.4, -0.2) is 107 Å². The van der Waals surface area contributed by atoms with Crippen molar-refractivity contribution in [3.8, 4) is 5.75 Å². The summed E-state index contributed by atoms with van der Waals surface area (Å²) >= 11 is 0. The first-order valence-corrected chi connectivity index (χ1v) is 11.4. The molecule has 0 radical (unpaired) electrons. The van der Waals surface area contributed by atoms with Crippen LogP contribution in [0.4, 0.5) is 5.69 Å². The van der Waals surface area contributed by atoms with Gasteiger partial charge in [-0.1, -0.05) is 26.0 Å². The fraction of sp³-hybridized carbons (Fsp3) is 0.696. The zero-order chi connectivity index (χ0) is 21.3. The van der Waals surface area contributed by atoms with Crippen LogP contribution in [0.3, 0.4) is 0 Å². The summed E-state index contributed by atoms with van der Waals surface area (Å²) < 4.78 is 5.54. The van der Waals surface area contributed by atoms with Crippen molar-refractivity contribution in [1.29, 1.82) is 0 Å². The van der Waals surface area contributed by atoms with Crippen molar-refractivity contribution >= 4 is 35.6 Å². The molecule has 7 nitrogen and oxygen atoms in total. The number of piperazine rings is 2. The van der Waals surface area contributed by atoms with Crippen molar-refractivity contribution in [1.82, 2.24) is 20.0 Å². The number of para-hydroxylation sites is 2. The standard InChI is InChI=1S/C23H40N6O.HI/c1-5-26-10-12-27(13-11-26)19-20(2)18-25-23(24-3)29-16-14-28(15-17-29)21-8-6-7-9-22(21)30-4;/h6-9,20H,5,10-19H2,1-4H3,(H,24,25);1H. The first-order chi connectivity index (χ1) is 14.6. The number of nitrogens with one attached hydrogen (secondary N) is 1. The second-order valence-electron chi connectivity index (χ2n) is 8.41. The smallest absolute Gasteiger partial charge is 0.193 e. The Labute approximate surface area is 205 Å². The average molecular weight is 545 g/mol. The van der Waals surface area contributed by atoms with Crippen LogP contribution in [0.2, 0.25) is 0 Å². The minimum atomic E-state index is 0. The number of guanidine groups is 1. The molecule has 2 saturated heterocycles. The third-order valence-corrected chi connectivity index (χ3v) is 6.31. The van der Waals surface area contributed by atoms with Gasteiger partial charge in [-0.05, 0) is 24.6 Å². The molecule has 3 rings (SSSR count). The second kappa shape index (κ2) is 13.3. The Morgan fingerprint density at radius 1 is 1.03 bits per heavy atom. The van der Waals surface area contributed by atoms with Crippen LogP contribution in [0.1, 0.15) is 13.8 Å². The summed E-state index contributed by atoms with van der Waals surface area (Å²) in [5.41, 5.74) is 1.18. The lowest BCUT2D eigenvalue weighted by molar-refractivity contribution is 0.124. The van der Waals surface area contributed by atoms with Gasteiger partial charge in [0, 0.05) is 72.5 Å². The molecule has 1 atom stereocenters. The maximum absolute atomic E-state index is 5.54. The molecule has 2 heterocycles. The topological polar surface area (TPSA) is 46.6 Å². The Balaban J connectivity index is 0.00000341. The summed E-state index contributed by atoms with van der Waals surface area (Å²) in [6, 6.07) is 8.28. The van der Waals surface area contributed by atoms with Gasteiger partial charge in [-0.3, -0.25) is 4.99 Å². The fourth-order valence-corrected chi connectivity index (χ4v) is 4.44. The summed E-state index contributed by atoms with van der Waals surface area (Å²) in [7, 11) is 3.63. The molecule has 1 aromatic carbocycles. The molecule has 8 heteroatoms. The zero-order valence-corrected chi connectivity index (χ0v) is 22.0. The van der Waals surface area contributed by atoms with Gasteiger partial charge >= 0.3 is 0 Å². The number of rotatable bonds is 7. The van der Waals surface area contributed by atoms with Crippen LogP contribution < -0.4 is 15.0 Å². The summed E-state index contributed by atoms with van der Waals surface area (Å²) in [5.74, 6) is 2.57. The maximum atomic E-state index is 5.54. The predicted octanol–water partition coefficient (Wildman–Crippen LogP) is 2.28. The first kappa shape index (κ1) is 26.0. The van der Waals surface area contributed by atoms with Gasteiger partial charge in [-0.2, -0.15) is 0 Å². The van der Waals surface area contributed by atoms with E-state index in [1.165, 1.54) is 38.4 Å². The van der Waals surface area contributed by atoms with Gasteiger partial charge in [-0.25, -0.2) is 0 Å². The minimum absolute atomic E-state index is 0. The summed E-state index contributed by atoms with van der Waals surface area (Å²) in [5, 5.41) is 3.62. The van der Waals surface area contributed by atoms with Gasteiger partial charge in [0.1, 0.15) is 5.75 Å². The van der Waals surface area contributed by atoms with Crippen molar-refractivity contribution in [2.24, 2.45) is 10.9 Å². The van der Waals surface area contributed by atoms with Gasteiger partial charge in [-0.15, -0.1) is 24.0 Å². The molecule has 31 heavy (non-hydrogen) atoms. The lowest BCUT2D eigenvalue weighted by Crippen LogP contribution is -2.53. The molecule has 2 fully saturated rings. The van der Waals surface area contributed by atoms with Crippen molar-refractivity contribution < 1.29 is 4.74 Å². The number of hydrogen-bond donors (Lipinski definition) is 1. The molecule has 2 aliphatic rings. The summed E-state index contributed by atoms with van der Waals surface area (Å²) in [4.78, 5) is 14.5. The highest BCUT2D eigenvalue weighted by molar-refractivity contribution is 14.0. The lowest BCUT2D eigenvalue weighted by atomic mass is 10.1. The minimum Gasteiger partial charge on any atom is -0.495 e. The molecule has 0 saturated carbocycles. The highest BCUT2D eigenvalue weighted by atomic mass is 127. The molecule has 176 valence electrons. The largest absolute Gasteiger partial charge is 0.495 e. The summed E-state index contributed by atoms with van der Waals surface area (Å²) in [6.45, 7) is 16.5. The third-order valence-electron chi connectivity index (χ3n) is 6.31. The van der Waals surface area contributed by atoms with Crippen molar-refractivity contribution in [2.75, 3.05) is 91.0 Å². The Hall–Kier alpha value is -1.26. The number of benzene rings is 1. The molecule has 0 spiro atoms. The van der Waals surface area contributed by atoms with Crippen LogP contribution in [0.15, 0.2) is 29.3 Å². The van der Waals surface area contributed by atoms with Gasteiger partial charge in [0.2, 0.25) is 0 Å². The van der Waals surface area contributed by atoms with Crippen LogP contribution >= 0.6 is 24.0 Å². The van der Waals surface area contributed by atoms with Gasteiger partial charge < -0.3 is 29.7 Å². The van der Waals surface area contributed by atoms with Crippen LogP contribution in [0.25, 0.3) is 0 Å². The van der Waals surface area contributed by atoms with Crippen molar-refractivity contribution in [3.63, 3.8) is 0 Å². The van der Waals surface area contributed by atoms with E-state index in [-0.39, 0.29) is 24.0 Å². The van der Waals surface area contributed by atoms with E-state index in [1.54, 1.807) is 7.11 Å². The van der Waals surface area contributed by atoms with E-state index in [1.807, 2.05) is 19.2 Å². The number of nitrogens with zero attached hydrogens (tertiary/aromatic N) is 5. The number of methoxy groups -OCH3 is 1. The number of halogens is 1. The van der Waals surface area contributed by atoms with Crippen molar-refractivity contribution in [3.05, 3.63) is 24.3 Å². The molecular weight excluding hydrogens is 503 g/mol. The number of likely N-dealkylation sites (N-methyl/N-ethyl adjacent to an activating group) is 1. The predicted molar refractivity (Wildman–Crippen MR) is 141 cm³/mol. The van der Waals surface area contributed by atoms with Gasteiger partial charge in [0.15, 0.2) is 5.96 Å². The van der Waals surface area contributed by atoms with Crippen LogP contribution in [-0.2, 0) is 0 Å². The van der Waals surface area contributed by atoms with Crippen molar-refractivity contribution in [2.45, 2.75) is 13.8 Å². The molecule has 1 unspecified atom stereocenters. The molecule has 2 aliphatic heterocycles. The van der Waals surface area contributed by atoms with E-state index < -0.39 is 0 Å².